The summed E-state index contributed by atoms with van der Waals surface area (Å²) in [5, 5.41) is 6.10. The first-order chi connectivity index (χ1) is 11.2. The zero-order chi connectivity index (χ0) is 16.1. The molecule has 23 heavy (non-hydrogen) atoms. The minimum atomic E-state index is -0.0390. The van der Waals surface area contributed by atoms with Gasteiger partial charge in [-0.15, -0.1) is 0 Å². The molecule has 0 atom stereocenters. The predicted octanol–water partition coefficient (Wildman–Crippen LogP) is 3.65. The van der Waals surface area contributed by atoms with Crippen LogP contribution in [0.2, 0.25) is 0 Å². The van der Waals surface area contributed by atoms with Gasteiger partial charge < -0.3 is 15.5 Å². The van der Waals surface area contributed by atoms with Crippen LogP contribution >= 0.6 is 0 Å². The summed E-state index contributed by atoms with van der Waals surface area (Å²) in [6.07, 6.45) is 2.55. The van der Waals surface area contributed by atoms with Gasteiger partial charge in [0, 0.05) is 30.2 Å². The summed E-state index contributed by atoms with van der Waals surface area (Å²) in [6.45, 7) is 4.54. The highest BCUT2D eigenvalue weighted by atomic mass is 16.1. The summed E-state index contributed by atoms with van der Waals surface area (Å²) in [7, 11) is 0. The normalized spacial score (nSPS) is 13.9. The van der Waals surface area contributed by atoms with Crippen LogP contribution in [0.3, 0.4) is 0 Å². The maximum atomic E-state index is 12.0. The number of amides is 1. The Bertz CT molecular complexity index is 661. The predicted molar refractivity (Wildman–Crippen MR) is 96.2 cm³/mol. The Labute approximate surface area is 137 Å². The summed E-state index contributed by atoms with van der Waals surface area (Å²) in [5.74, 6) is -0.0390. The number of hydrogen-bond acceptors (Lipinski definition) is 3. The van der Waals surface area contributed by atoms with E-state index in [9.17, 15) is 4.79 Å². The van der Waals surface area contributed by atoms with Gasteiger partial charge in [0.2, 0.25) is 5.91 Å². The van der Waals surface area contributed by atoms with E-state index < -0.39 is 0 Å². The molecular weight excluding hydrogens is 286 g/mol. The SMILES string of the molecule is Cc1ccccc1NC(=O)CNc1ccc(N2CCCC2)cc1. The lowest BCUT2D eigenvalue weighted by Crippen LogP contribution is -2.22. The van der Waals surface area contributed by atoms with E-state index in [1.54, 1.807) is 0 Å². The van der Waals surface area contributed by atoms with Crippen molar-refractivity contribution in [1.29, 1.82) is 0 Å². The minimum absolute atomic E-state index is 0.0390. The van der Waals surface area contributed by atoms with E-state index in [2.05, 4.69) is 27.7 Å². The quantitative estimate of drug-likeness (QED) is 0.886. The molecule has 4 heteroatoms. The van der Waals surface area contributed by atoms with Gasteiger partial charge in [-0.2, -0.15) is 0 Å². The second-order valence-electron chi connectivity index (χ2n) is 5.96. The third kappa shape index (κ3) is 4.03. The largest absolute Gasteiger partial charge is 0.376 e. The highest BCUT2D eigenvalue weighted by Gasteiger charge is 2.11. The number of carbonyl (C=O) groups is 1. The van der Waals surface area contributed by atoms with Crippen molar-refractivity contribution >= 4 is 23.0 Å². The number of hydrogen-bond donors (Lipinski definition) is 2. The molecule has 0 unspecified atom stereocenters. The van der Waals surface area contributed by atoms with E-state index in [1.807, 2.05) is 43.3 Å². The fourth-order valence-corrected chi connectivity index (χ4v) is 2.86. The number of aryl methyl sites for hydroxylation is 1. The summed E-state index contributed by atoms with van der Waals surface area (Å²) in [5.41, 5.74) is 4.16. The van der Waals surface area contributed by atoms with Crippen molar-refractivity contribution < 1.29 is 4.79 Å². The van der Waals surface area contributed by atoms with Crippen molar-refractivity contribution in [3.8, 4) is 0 Å². The van der Waals surface area contributed by atoms with E-state index in [0.29, 0.717) is 0 Å². The lowest BCUT2D eigenvalue weighted by atomic mass is 10.2. The molecular formula is C19H23N3O. The standard InChI is InChI=1S/C19H23N3O/c1-15-6-2-3-7-18(15)21-19(23)14-20-16-8-10-17(11-9-16)22-12-4-5-13-22/h2-3,6-11,20H,4-5,12-14H2,1H3,(H,21,23). The third-order valence-corrected chi connectivity index (χ3v) is 4.21. The molecule has 3 rings (SSSR count). The Balaban J connectivity index is 1.51. The molecule has 0 aliphatic carbocycles. The van der Waals surface area contributed by atoms with Crippen molar-refractivity contribution in [2.75, 3.05) is 35.2 Å². The number of nitrogens with one attached hydrogen (secondary N) is 2. The van der Waals surface area contributed by atoms with Crippen LogP contribution in [-0.2, 0) is 4.79 Å². The topological polar surface area (TPSA) is 44.4 Å². The van der Waals surface area contributed by atoms with Crippen LogP contribution in [-0.4, -0.2) is 25.5 Å². The summed E-state index contributed by atoms with van der Waals surface area (Å²) < 4.78 is 0. The lowest BCUT2D eigenvalue weighted by molar-refractivity contribution is -0.114. The average molecular weight is 309 g/mol. The molecule has 0 spiro atoms. The molecule has 1 aliphatic rings. The highest BCUT2D eigenvalue weighted by molar-refractivity contribution is 5.94. The zero-order valence-electron chi connectivity index (χ0n) is 13.5. The van der Waals surface area contributed by atoms with Crippen LogP contribution in [0.1, 0.15) is 18.4 Å². The van der Waals surface area contributed by atoms with Gasteiger partial charge in [0.1, 0.15) is 0 Å². The van der Waals surface area contributed by atoms with Crippen molar-refractivity contribution in [3.05, 3.63) is 54.1 Å². The van der Waals surface area contributed by atoms with E-state index in [4.69, 9.17) is 0 Å². The fourth-order valence-electron chi connectivity index (χ4n) is 2.86. The summed E-state index contributed by atoms with van der Waals surface area (Å²) >= 11 is 0. The van der Waals surface area contributed by atoms with Gasteiger partial charge in [-0.05, 0) is 55.7 Å². The fraction of sp³-hybridized carbons (Fsp3) is 0.316. The van der Waals surface area contributed by atoms with Gasteiger partial charge in [-0.3, -0.25) is 4.79 Å². The lowest BCUT2D eigenvalue weighted by Gasteiger charge is -2.18. The van der Waals surface area contributed by atoms with Crippen LogP contribution in [0.25, 0.3) is 0 Å². The monoisotopic (exact) mass is 309 g/mol. The van der Waals surface area contributed by atoms with E-state index in [-0.39, 0.29) is 12.5 Å². The number of anilines is 3. The Morgan fingerprint density at radius 2 is 1.74 bits per heavy atom. The molecule has 1 fully saturated rings. The molecule has 1 heterocycles. The van der Waals surface area contributed by atoms with Gasteiger partial charge in [0.05, 0.1) is 6.54 Å². The van der Waals surface area contributed by atoms with Crippen LogP contribution in [0, 0.1) is 6.92 Å². The second kappa shape index (κ2) is 7.18. The molecule has 2 aromatic rings. The molecule has 1 saturated heterocycles. The van der Waals surface area contributed by atoms with Gasteiger partial charge >= 0.3 is 0 Å². The number of carbonyl (C=O) groups excluding carboxylic acids is 1. The summed E-state index contributed by atoms with van der Waals surface area (Å²) in [4.78, 5) is 14.4. The maximum absolute atomic E-state index is 12.0. The second-order valence-corrected chi connectivity index (χ2v) is 5.96. The van der Waals surface area contributed by atoms with Crippen molar-refractivity contribution in [1.82, 2.24) is 0 Å². The molecule has 0 aromatic heterocycles. The minimum Gasteiger partial charge on any atom is -0.376 e. The number of para-hydroxylation sites is 1. The van der Waals surface area contributed by atoms with Crippen LogP contribution in [0.15, 0.2) is 48.5 Å². The average Bonchev–Trinajstić information content (AvgIpc) is 3.10. The van der Waals surface area contributed by atoms with Crippen LogP contribution < -0.4 is 15.5 Å². The molecule has 2 N–H and O–H groups in total. The molecule has 2 aromatic carbocycles. The Hall–Kier alpha value is -2.49. The van der Waals surface area contributed by atoms with Gasteiger partial charge in [-0.1, -0.05) is 18.2 Å². The first-order valence-electron chi connectivity index (χ1n) is 8.17. The first kappa shape index (κ1) is 15.4. The molecule has 0 bridgehead atoms. The molecule has 120 valence electrons. The molecule has 0 saturated carbocycles. The smallest absolute Gasteiger partial charge is 0.243 e. The van der Waals surface area contributed by atoms with Gasteiger partial charge in [0.25, 0.3) is 0 Å². The molecule has 0 radical (unpaired) electrons. The van der Waals surface area contributed by atoms with Gasteiger partial charge in [-0.25, -0.2) is 0 Å². The maximum Gasteiger partial charge on any atom is 0.243 e. The summed E-state index contributed by atoms with van der Waals surface area (Å²) in [6, 6.07) is 16.1. The number of nitrogens with zero attached hydrogens (tertiary/aromatic N) is 1. The number of benzene rings is 2. The van der Waals surface area contributed by atoms with Crippen molar-refractivity contribution in [2.24, 2.45) is 0 Å². The zero-order valence-corrected chi connectivity index (χ0v) is 13.5. The van der Waals surface area contributed by atoms with E-state index in [0.717, 1.165) is 30.0 Å². The Kier molecular flexibility index (Phi) is 4.81. The third-order valence-electron chi connectivity index (χ3n) is 4.21. The molecule has 1 amide bonds. The molecule has 4 nitrogen and oxygen atoms in total. The van der Waals surface area contributed by atoms with Crippen molar-refractivity contribution in [2.45, 2.75) is 19.8 Å². The van der Waals surface area contributed by atoms with Crippen LogP contribution in [0.4, 0.5) is 17.1 Å². The highest BCUT2D eigenvalue weighted by Crippen LogP contribution is 2.22. The number of rotatable bonds is 5. The van der Waals surface area contributed by atoms with E-state index in [1.165, 1.54) is 18.5 Å². The Morgan fingerprint density at radius 3 is 2.43 bits per heavy atom. The van der Waals surface area contributed by atoms with E-state index >= 15 is 0 Å². The van der Waals surface area contributed by atoms with Crippen molar-refractivity contribution in [3.63, 3.8) is 0 Å². The Morgan fingerprint density at radius 1 is 1.04 bits per heavy atom. The first-order valence-corrected chi connectivity index (χ1v) is 8.17. The molecule has 1 aliphatic heterocycles. The van der Waals surface area contributed by atoms with Crippen LogP contribution in [0.5, 0.6) is 0 Å². The van der Waals surface area contributed by atoms with Gasteiger partial charge in [0.15, 0.2) is 0 Å².